The van der Waals surface area contributed by atoms with Gasteiger partial charge < -0.3 is 10.8 Å². The van der Waals surface area contributed by atoms with Gasteiger partial charge in [-0.15, -0.1) is 0 Å². The van der Waals surface area contributed by atoms with E-state index in [0.29, 0.717) is 13.0 Å². The van der Waals surface area contributed by atoms with Crippen LogP contribution in [0, 0.1) is 5.82 Å². The van der Waals surface area contributed by atoms with Gasteiger partial charge in [0.2, 0.25) is 6.10 Å². The molecule has 0 saturated heterocycles. The number of rotatable bonds is 3. The minimum Gasteiger partial charge on any atom is -0.379 e. The van der Waals surface area contributed by atoms with Gasteiger partial charge >= 0.3 is 12.1 Å². The molecule has 1 rings (SSSR count). The van der Waals surface area contributed by atoms with Crippen LogP contribution in [0.3, 0.4) is 0 Å². The summed E-state index contributed by atoms with van der Waals surface area (Å²) in [5.74, 6) is -6.20. The van der Waals surface area contributed by atoms with Crippen LogP contribution in [0.25, 0.3) is 0 Å². The van der Waals surface area contributed by atoms with Gasteiger partial charge in [0, 0.05) is 0 Å². The average Bonchev–Trinajstić information content (AvgIpc) is 2.29. The third-order valence-corrected chi connectivity index (χ3v) is 3.09. The van der Waals surface area contributed by atoms with Crippen LogP contribution in [0.5, 0.6) is 0 Å². The van der Waals surface area contributed by atoms with Crippen molar-refractivity contribution in [2.45, 2.75) is 30.7 Å². The van der Waals surface area contributed by atoms with E-state index in [9.17, 15) is 26.3 Å². The van der Waals surface area contributed by atoms with Crippen LogP contribution in [0.1, 0.15) is 12.6 Å². The first-order valence-corrected chi connectivity index (χ1v) is 5.85. The van der Waals surface area contributed by atoms with E-state index < -0.39 is 35.3 Å². The molecule has 1 aromatic heterocycles. The molecule has 0 aliphatic carbocycles. The third-order valence-electron chi connectivity index (χ3n) is 2.65. The number of nitrogens with zero attached hydrogens (tertiary/aromatic N) is 1. The van der Waals surface area contributed by atoms with Gasteiger partial charge in [-0.2, -0.15) is 13.2 Å². The van der Waals surface area contributed by atoms with Crippen molar-refractivity contribution < 1.29 is 31.4 Å². The van der Waals surface area contributed by atoms with Crippen LogP contribution in [-0.2, 0) is 5.54 Å². The van der Waals surface area contributed by atoms with Crippen molar-refractivity contribution in [3.8, 4) is 0 Å². The molecule has 114 valence electrons. The molecule has 20 heavy (non-hydrogen) atoms. The molecule has 0 radical (unpaired) electrons. The van der Waals surface area contributed by atoms with Gasteiger partial charge in [-0.05, 0) is 35.0 Å². The fraction of sp³-hybridized carbons (Fsp3) is 0.500. The van der Waals surface area contributed by atoms with Crippen LogP contribution in [0.15, 0.2) is 16.7 Å². The number of pyridine rings is 1. The van der Waals surface area contributed by atoms with Crippen molar-refractivity contribution in [1.29, 1.82) is 0 Å². The van der Waals surface area contributed by atoms with E-state index in [4.69, 9.17) is 10.8 Å². The topological polar surface area (TPSA) is 59.1 Å². The lowest BCUT2D eigenvalue weighted by Crippen LogP contribution is -2.61. The molecule has 1 heterocycles. The van der Waals surface area contributed by atoms with E-state index in [2.05, 4.69) is 20.9 Å². The number of aliphatic hydroxyl groups excluding tert-OH is 1. The fourth-order valence-corrected chi connectivity index (χ4v) is 1.74. The Bertz CT molecular complexity index is 505. The van der Waals surface area contributed by atoms with E-state index in [0.717, 1.165) is 6.07 Å². The molecule has 0 aliphatic rings. The lowest BCUT2D eigenvalue weighted by atomic mass is 9.86. The summed E-state index contributed by atoms with van der Waals surface area (Å²) < 4.78 is 77.7. The Morgan fingerprint density at radius 2 is 1.75 bits per heavy atom. The Labute approximate surface area is 117 Å². The normalized spacial score (nSPS) is 17.7. The van der Waals surface area contributed by atoms with Gasteiger partial charge in [0.15, 0.2) is 0 Å². The number of halogens is 7. The number of aromatic nitrogens is 1. The largest absolute Gasteiger partial charge is 0.420 e. The van der Waals surface area contributed by atoms with Gasteiger partial charge in [0.1, 0.15) is 21.7 Å². The Morgan fingerprint density at radius 3 is 2.20 bits per heavy atom. The molecule has 0 fully saturated rings. The first-order chi connectivity index (χ1) is 8.81. The highest BCUT2D eigenvalue weighted by Gasteiger charge is 2.64. The quantitative estimate of drug-likeness (QED) is 0.638. The standard InChI is InChI=1S/C10H9BrF6N2O/c1-8(18,6-4(12)2-3-5(11)19-6)9(13,14)7(20)10(15,16)17/h2-3,7,20H,18H2,1H3/t7-,8?/m0/s1. The highest BCUT2D eigenvalue weighted by Crippen LogP contribution is 2.43. The van der Waals surface area contributed by atoms with Crippen molar-refractivity contribution in [3.63, 3.8) is 0 Å². The summed E-state index contributed by atoms with van der Waals surface area (Å²) in [7, 11) is 0. The second kappa shape index (κ2) is 5.15. The molecule has 3 nitrogen and oxygen atoms in total. The third kappa shape index (κ3) is 2.91. The summed E-state index contributed by atoms with van der Waals surface area (Å²) in [6.45, 7) is 0.458. The molecule has 0 aliphatic heterocycles. The van der Waals surface area contributed by atoms with E-state index in [1.54, 1.807) is 0 Å². The molecule has 0 spiro atoms. The van der Waals surface area contributed by atoms with Crippen molar-refractivity contribution in [2.75, 3.05) is 0 Å². The lowest BCUT2D eigenvalue weighted by Gasteiger charge is -2.37. The summed E-state index contributed by atoms with van der Waals surface area (Å²) in [6, 6.07) is 1.78. The smallest absolute Gasteiger partial charge is 0.379 e. The van der Waals surface area contributed by atoms with Crippen LogP contribution in [-0.4, -0.2) is 28.3 Å². The van der Waals surface area contributed by atoms with Crippen molar-refractivity contribution in [3.05, 3.63) is 28.2 Å². The number of aliphatic hydroxyl groups is 1. The molecule has 0 saturated carbocycles. The van der Waals surface area contributed by atoms with Gasteiger partial charge in [-0.25, -0.2) is 18.2 Å². The van der Waals surface area contributed by atoms with Crippen molar-refractivity contribution in [1.82, 2.24) is 4.98 Å². The SMILES string of the molecule is CC(N)(c1nc(Br)ccc1F)C(F)(F)[C@H](O)C(F)(F)F. The molecule has 10 heteroatoms. The van der Waals surface area contributed by atoms with Crippen molar-refractivity contribution >= 4 is 15.9 Å². The summed E-state index contributed by atoms with van der Waals surface area (Å²) >= 11 is 2.77. The molecule has 0 amide bonds. The maximum Gasteiger partial charge on any atom is 0.420 e. The van der Waals surface area contributed by atoms with Crippen LogP contribution < -0.4 is 5.73 Å². The Hall–Kier alpha value is -0.870. The van der Waals surface area contributed by atoms with E-state index in [1.807, 2.05) is 0 Å². The van der Waals surface area contributed by atoms with Gasteiger partial charge in [0.05, 0.1) is 0 Å². The predicted molar refractivity (Wildman–Crippen MR) is 60.4 cm³/mol. The summed E-state index contributed by atoms with van der Waals surface area (Å²) in [5, 5.41) is 8.75. The fourth-order valence-electron chi connectivity index (χ4n) is 1.43. The molecule has 0 bridgehead atoms. The molecule has 0 aromatic carbocycles. The molecule has 2 atom stereocenters. The van der Waals surface area contributed by atoms with Crippen LogP contribution in [0.2, 0.25) is 0 Å². The van der Waals surface area contributed by atoms with Gasteiger partial charge in [-0.1, -0.05) is 0 Å². The Balaban J connectivity index is 3.37. The monoisotopic (exact) mass is 366 g/mol. The molecular weight excluding hydrogens is 358 g/mol. The van der Waals surface area contributed by atoms with E-state index >= 15 is 0 Å². The summed E-state index contributed by atoms with van der Waals surface area (Å²) in [6.07, 6.45) is -9.67. The number of alkyl halides is 5. The van der Waals surface area contributed by atoms with Gasteiger partial charge in [-0.3, -0.25) is 0 Å². The highest BCUT2D eigenvalue weighted by molar-refractivity contribution is 9.10. The summed E-state index contributed by atoms with van der Waals surface area (Å²) in [4.78, 5) is 3.33. The molecule has 3 N–H and O–H groups in total. The number of hydrogen-bond donors (Lipinski definition) is 2. The van der Waals surface area contributed by atoms with Crippen LogP contribution >= 0.6 is 15.9 Å². The van der Waals surface area contributed by atoms with E-state index in [1.165, 1.54) is 0 Å². The van der Waals surface area contributed by atoms with Crippen LogP contribution in [0.4, 0.5) is 26.3 Å². The number of hydrogen-bond acceptors (Lipinski definition) is 3. The first kappa shape index (κ1) is 17.2. The Kier molecular flexibility index (Phi) is 4.43. The molecule has 1 aromatic rings. The molecular formula is C10H9BrF6N2O. The van der Waals surface area contributed by atoms with E-state index in [-0.39, 0.29) is 4.60 Å². The van der Waals surface area contributed by atoms with Crippen molar-refractivity contribution in [2.24, 2.45) is 5.73 Å². The summed E-state index contributed by atoms with van der Waals surface area (Å²) in [5.41, 5.74) is 0.882. The number of nitrogens with two attached hydrogens (primary N) is 1. The highest BCUT2D eigenvalue weighted by atomic mass is 79.9. The average molecular weight is 367 g/mol. The zero-order valence-electron chi connectivity index (χ0n) is 9.85. The minimum atomic E-state index is -5.62. The lowest BCUT2D eigenvalue weighted by molar-refractivity contribution is -0.286. The van der Waals surface area contributed by atoms with Gasteiger partial charge in [0.25, 0.3) is 0 Å². The predicted octanol–water partition coefficient (Wildman–Crippen LogP) is 2.72. The molecule has 1 unspecified atom stereocenters. The zero-order chi connectivity index (χ0) is 15.9. The maximum atomic E-state index is 13.8. The Morgan fingerprint density at radius 1 is 1.25 bits per heavy atom. The second-order valence-electron chi connectivity index (χ2n) is 4.23. The zero-order valence-corrected chi connectivity index (χ0v) is 11.4. The second-order valence-corrected chi connectivity index (χ2v) is 5.05. The first-order valence-electron chi connectivity index (χ1n) is 5.05. The maximum absolute atomic E-state index is 13.8. The minimum absolute atomic E-state index is 0.0946.